The first kappa shape index (κ1) is 40.4. The summed E-state index contributed by atoms with van der Waals surface area (Å²) >= 11 is 5.99. The second kappa shape index (κ2) is 16.7. The smallest absolute Gasteiger partial charge is 0.446 e. The van der Waals surface area contributed by atoms with Crippen LogP contribution in [0.2, 0.25) is 5.02 Å². The maximum absolute atomic E-state index is 14.5. The van der Waals surface area contributed by atoms with E-state index in [4.69, 9.17) is 30.8 Å². The molecule has 60 heavy (non-hydrogen) atoms. The van der Waals surface area contributed by atoms with Crippen molar-refractivity contribution in [2.45, 2.75) is 43.8 Å². The molecule has 1 saturated heterocycles. The molecule has 0 spiro atoms. The predicted molar refractivity (Wildman–Crippen MR) is 216 cm³/mol. The molecule has 0 unspecified atom stereocenters. The average Bonchev–Trinajstić information content (AvgIpc) is 3.91. The van der Waals surface area contributed by atoms with Crippen LogP contribution in [-0.4, -0.2) is 84.3 Å². The van der Waals surface area contributed by atoms with Crippen molar-refractivity contribution in [3.05, 3.63) is 111 Å². The van der Waals surface area contributed by atoms with Crippen LogP contribution in [0.4, 0.5) is 24.5 Å². The molecule has 6 aromatic rings. The molecule has 0 atom stereocenters. The van der Waals surface area contributed by atoms with Crippen molar-refractivity contribution in [2.24, 2.45) is 0 Å². The van der Waals surface area contributed by atoms with Crippen molar-refractivity contribution in [1.82, 2.24) is 34.0 Å². The number of hydrogen-bond donors (Lipinski definition) is 1. The van der Waals surface area contributed by atoms with Gasteiger partial charge >= 0.3 is 5.51 Å². The number of benzene rings is 3. The summed E-state index contributed by atoms with van der Waals surface area (Å²) in [6.07, 6.45) is 1.60. The third-order valence-corrected chi connectivity index (χ3v) is 10.9. The van der Waals surface area contributed by atoms with Crippen LogP contribution in [0.15, 0.2) is 82.7 Å². The Labute approximate surface area is 349 Å². The number of nitrogens with zero attached hydrogens (tertiary/aromatic N) is 8. The number of anilines is 2. The van der Waals surface area contributed by atoms with Gasteiger partial charge in [-0.3, -0.25) is 14.4 Å². The van der Waals surface area contributed by atoms with E-state index >= 15 is 0 Å². The van der Waals surface area contributed by atoms with Gasteiger partial charge in [-0.25, -0.2) is 9.97 Å². The molecular weight excluding hydrogens is 827 g/mol. The van der Waals surface area contributed by atoms with Crippen molar-refractivity contribution in [3.8, 4) is 28.6 Å². The van der Waals surface area contributed by atoms with Gasteiger partial charge in [0.15, 0.2) is 28.8 Å². The van der Waals surface area contributed by atoms with Crippen LogP contribution in [0, 0.1) is 6.92 Å². The van der Waals surface area contributed by atoms with Crippen LogP contribution in [0.3, 0.4) is 0 Å². The minimum atomic E-state index is -4.52. The summed E-state index contributed by atoms with van der Waals surface area (Å²) in [7, 11) is 0. The summed E-state index contributed by atoms with van der Waals surface area (Å²) in [6.45, 7) is 4.33. The number of hydrogen-bond acceptors (Lipinski definition) is 12. The Balaban J connectivity index is 1.10. The fraction of sp³-hybridized carbons (Fsp3) is 0.275. The molecule has 15 nitrogen and oxygen atoms in total. The van der Waals surface area contributed by atoms with Gasteiger partial charge in [0.05, 0.1) is 27.7 Å². The van der Waals surface area contributed by atoms with Gasteiger partial charge in [-0.2, -0.15) is 22.7 Å². The van der Waals surface area contributed by atoms with E-state index in [9.17, 15) is 27.6 Å². The molecule has 2 amide bonds. The first-order valence-electron chi connectivity index (χ1n) is 18.7. The number of carbonyl (C=O) groups excluding carboxylic acids is 2. The third kappa shape index (κ3) is 8.26. The topological polar surface area (TPSA) is 158 Å². The molecular formula is C40H35ClF3N9O6S. The highest BCUT2D eigenvalue weighted by Gasteiger charge is 2.32. The first-order chi connectivity index (χ1) is 28.9. The van der Waals surface area contributed by atoms with E-state index in [2.05, 4.69) is 20.4 Å². The third-order valence-electron chi connectivity index (χ3n) is 9.84. The molecule has 2 aliphatic rings. The monoisotopic (exact) mass is 861 g/mol. The standard InChI is InChI=1S/C40H35ClF3N9O6S/c1-3-29-33(50-14-16-51(17-15-50)37(55)32-34(23(2)45-21-46-32)57-20-24-8-5-4-6-9-24)38(56)53-39(48-36(49-53)26-10-7-11-30-35(26)59-22-58-30)52(29)19-31(54)47-28-13-12-25(18-27(28)41)60-40(42,43)44/h4-13,18,21H,3,14-17,19-20,22H2,1-2H3,(H,47,54). The summed E-state index contributed by atoms with van der Waals surface area (Å²) in [5.74, 6) is 0.416. The Bertz CT molecular complexity index is 2670. The lowest BCUT2D eigenvalue weighted by molar-refractivity contribution is -0.116. The normalized spacial score (nSPS) is 13.8. The zero-order valence-corrected chi connectivity index (χ0v) is 33.6. The molecule has 1 N–H and O–H groups in total. The zero-order valence-electron chi connectivity index (χ0n) is 32.0. The Morgan fingerprint density at radius 1 is 1.00 bits per heavy atom. The number of aryl methyl sites for hydroxylation is 1. The number of carbonyl (C=O) groups is 2. The van der Waals surface area contributed by atoms with E-state index in [0.717, 1.165) is 16.1 Å². The highest BCUT2D eigenvalue weighted by Crippen LogP contribution is 2.41. The minimum Gasteiger partial charge on any atom is -0.485 e. The molecule has 8 rings (SSSR count). The maximum atomic E-state index is 14.5. The number of aromatic nitrogens is 6. The van der Waals surface area contributed by atoms with Crippen molar-refractivity contribution in [1.29, 1.82) is 0 Å². The van der Waals surface area contributed by atoms with Gasteiger partial charge in [-0.05, 0) is 61.0 Å². The molecule has 0 radical (unpaired) electrons. The number of halogens is 4. The van der Waals surface area contributed by atoms with Crippen LogP contribution in [-0.2, 0) is 24.4 Å². The Hall–Kier alpha value is -6.34. The van der Waals surface area contributed by atoms with Gasteiger partial charge in [0.2, 0.25) is 18.5 Å². The molecule has 0 saturated carbocycles. The Morgan fingerprint density at radius 3 is 2.52 bits per heavy atom. The van der Waals surface area contributed by atoms with Gasteiger partial charge in [-0.15, -0.1) is 5.10 Å². The lowest BCUT2D eigenvalue weighted by atomic mass is 10.2. The lowest BCUT2D eigenvalue weighted by Crippen LogP contribution is -2.51. The minimum absolute atomic E-state index is 0.0113. The van der Waals surface area contributed by atoms with E-state index in [1.165, 1.54) is 18.5 Å². The predicted octanol–water partition coefficient (Wildman–Crippen LogP) is 6.39. The number of thioether (sulfide) groups is 1. The Kier molecular flexibility index (Phi) is 11.3. The summed E-state index contributed by atoms with van der Waals surface area (Å²) < 4.78 is 59.0. The van der Waals surface area contributed by atoms with Crippen LogP contribution in [0.5, 0.6) is 17.2 Å². The number of nitrogens with one attached hydrogen (secondary N) is 1. The highest BCUT2D eigenvalue weighted by atomic mass is 35.5. The van der Waals surface area contributed by atoms with Gasteiger partial charge in [0, 0.05) is 31.1 Å². The summed E-state index contributed by atoms with van der Waals surface area (Å²) in [4.78, 5) is 58.9. The van der Waals surface area contributed by atoms with Crippen molar-refractivity contribution < 1.29 is 37.0 Å². The molecule has 2 aliphatic heterocycles. The van der Waals surface area contributed by atoms with Gasteiger partial charge in [0.1, 0.15) is 25.2 Å². The second-order valence-electron chi connectivity index (χ2n) is 13.7. The summed E-state index contributed by atoms with van der Waals surface area (Å²) in [5, 5.41) is 7.19. The van der Waals surface area contributed by atoms with Crippen LogP contribution >= 0.6 is 23.4 Å². The highest BCUT2D eigenvalue weighted by molar-refractivity contribution is 8.00. The average molecular weight is 862 g/mol. The zero-order chi connectivity index (χ0) is 42.1. The van der Waals surface area contributed by atoms with E-state index in [1.54, 1.807) is 34.6 Å². The molecule has 0 aliphatic carbocycles. The van der Waals surface area contributed by atoms with Crippen molar-refractivity contribution in [3.63, 3.8) is 0 Å². The number of fused-ring (bicyclic) bond motifs is 2. The lowest BCUT2D eigenvalue weighted by Gasteiger charge is -2.36. The number of rotatable bonds is 11. The SMILES string of the molecule is CCc1c(N2CCN(C(=O)c3ncnc(C)c3OCc3ccccc3)CC2)c(=O)n2nc(-c3cccc4c3OCO4)nc2n1CC(=O)Nc1ccc(SC(F)(F)F)cc1Cl. The van der Waals surface area contributed by atoms with Crippen molar-refractivity contribution in [2.75, 3.05) is 43.2 Å². The second-order valence-corrected chi connectivity index (χ2v) is 15.2. The molecule has 3 aromatic heterocycles. The van der Waals surface area contributed by atoms with E-state index in [1.807, 2.05) is 42.2 Å². The van der Waals surface area contributed by atoms with Gasteiger partial charge in [-0.1, -0.05) is 54.9 Å². The quantitative estimate of drug-likeness (QED) is 0.143. The number of amides is 2. The maximum Gasteiger partial charge on any atom is 0.446 e. The molecule has 5 heterocycles. The largest absolute Gasteiger partial charge is 0.485 e. The molecule has 20 heteroatoms. The van der Waals surface area contributed by atoms with E-state index < -0.39 is 17.0 Å². The van der Waals surface area contributed by atoms with Gasteiger partial charge < -0.3 is 33.9 Å². The van der Waals surface area contributed by atoms with Gasteiger partial charge in [0.25, 0.3) is 11.5 Å². The van der Waals surface area contributed by atoms with E-state index in [0.29, 0.717) is 28.5 Å². The van der Waals surface area contributed by atoms with Crippen LogP contribution in [0.1, 0.15) is 34.4 Å². The first-order valence-corrected chi connectivity index (χ1v) is 19.9. The molecule has 0 bridgehead atoms. The molecule has 1 fully saturated rings. The van der Waals surface area contributed by atoms with Crippen LogP contribution in [0.25, 0.3) is 17.2 Å². The molecule has 3 aromatic carbocycles. The van der Waals surface area contributed by atoms with Crippen molar-refractivity contribution >= 4 is 52.3 Å². The number of piperazine rings is 1. The fourth-order valence-electron chi connectivity index (χ4n) is 7.08. The fourth-order valence-corrected chi connectivity index (χ4v) is 7.95. The molecule has 310 valence electrons. The summed E-state index contributed by atoms with van der Waals surface area (Å²) in [6, 6.07) is 18.3. The number of ether oxygens (including phenoxy) is 3. The summed E-state index contributed by atoms with van der Waals surface area (Å²) in [5.41, 5.74) is -2.18. The number of para-hydroxylation sites is 1. The van der Waals surface area contributed by atoms with Crippen LogP contribution < -0.4 is 30.0 Å². The Morgan fingerprint density at radius 2 is 1.78 bits per heavy atom. The van der Waals surface area contributed by atoms with E-state index in [-0.39, 0.29) is 115 Å². The number of alkyl halides is 3.